The van der Waals surface area contributed by atoms with Crippen LogP contribution in [0.1, 0.15) is 83.0 Å². The molecule has 2 aromatic rings. The van der Waals surface area contributed by atoms with Crippen molar-refractivity contribution >= 4 is 35.8 Å². The molecule has 0 unspecified atom stereocenters. The number of hydrogen-bond acceptors (Lipinski definition) is 13. The number of carbonyl (C=O) groups excluding carboxylic acids is 5. The number of methoxy groups -OCH3 is 2. The second-order valence-corrected chi connectivity index (χ2v) is 9.93. The van der Waals surface area contributed by atoms with Gasteiger partial charge in [-0.1, -0.05) is 18.2 Å². The zero-order chi connectivity index (χ0) is 34.0. The molecule has 0 aromatic heterocycles. The molecule has 0 saturated heterocycles. The molecule has 6 N–H and O–H groups in total. The van der Waals surface area contributed by atoms with Gasteiger partial charge in [-0.05, 0) is 71.9 Å². The van der Waals surface area contributed by atoms with Crippen LogP contribution in [-0.2, 0) is 23.7 Å². The second kappa shape index (κ2) is 19.0. The number of hydrogen-bond donors (Lipinski definition) is 5. The number of carboxylic acids is 1. The van der Waals surface area contributed by atoms with Gasteiger partial charge >= 0.3 is 30.0 Å². The van der Waals surface area contributed by atoms with E-state index in [1.165, 1.54) is 62.8 Å². The van der Waals surface area contributed by atoms with E-state index in [9.17, 15) is 28.8 Å². The number of carbonyl (C=O) groups is 6. The summed E-state index contributed by atoms with van der Waals surface area (Å²) in [6, 6.07) is 11.4. The molecule has 2 aromatic carbocycles. The van der Waals surface area contributed by atoms with Crippen LogP contribution >= 0.6 is 0 Å². The second-order valence-electron chi connectivity index (χ2n) is 9.93. The summed E-state index contributed by atoms with van der Waals surface area (Å²) in [7, 11) is 2.49. The number of amides is 1. The highest BCUT2D eigenvalue weighted by molar-refractivity contribution is 6.40. The first-order valence-electron chi connectivity index (χ1n) is 12.2. The van der Waals surface area contributed by atoms with Crippen LogP contribution < -0.4 is 11.3 Å². The lowest BCUT2D eigenvalue weighted by molar-refractivity contribution is -0.148. The zero-order valence-corrected chi connectivity index (χ0v) is 25.2. The molecule has 0 aliphatic heterocycles. The van der Waals surface area contributed by atoms with Gasteiger partial charge in [0.05, 0.1) is 30.9 Å². The summed E-state index contributed by atoms with van der Waals surface area (Å²) in [5.74, 6) is 0.841. The van der Waals surface area contributed by atoms with Gasteiger partial charge in [0.25, 0.3) is 5.78 Å². The molecule has 0 fully saturated rings. The fraction of sp³-hybridized carbons (Fsp3) is 0.357. The van der Waals surface area contributed by atoms with Crippen LogP contribution in [0.5, 0.6) is 0 Å². The van der Waals surface area contributed by atoms with E-state index in [4.69, 9.17) is 31.5 Å². The van der Waals surface area contributed by atoms with Crippen LogP contribution in [0.25, 0.3) is 0 Å². The van der Waals surface area contributed by atoms with Crippen LogP contribution in [-0.4, -0.2) is 66.3 Å². The molecule has 0 aliphatic rings. The van der Waals surface area contributed by atoms with Crippen molar-refractivity contribution in [1.82, 2.24) is 5.43 Å². The third kappa shape index (κ3) is 17.3. The molecular formula is C28H38N4O11. The third-order valence-electron chi connectivity index (χ3n) is 4.18. The highest BCUT2D eigenvalue weighted by atomic mass is 16.6. The number of rotatable bonds is 5. The largest absolute Gasteiger partial charge is 0.478 e. The molecule has 0 radical (unpaired) electrons. The van der Waals surface area contributed by atoms with E-state index in [0.717, 1.165) is 0 Å². The number of Topliss-reactive ketones (excluding diaryl/α,β-unsaturated/α-hetero) is 1. The molecule has 43 heavy (non-hydrogen) atoms. The maximum absolute atomic E-state index is 11.9. The van der Waals surface area contributed by atoms with Gasteiger partial charge in [-0.25, -0.2) is 40.9 Å². The van der Waals surface area contributed by atoms with Crippen LogP contribution in [0.15, 0.2) is 48.5 Å². The molecule has 15 nitrogen and oxygen atoms in total. The SMILES string of the molecule is CC(C)(C)OC(=O)NN.COC(=O)c1cccc(C(=O)C(=O)OC(C)(C)C)c1.COC(=O)c1cccc(C(=O)O)c1.N=N. The van der Waals surface area contributed by atoms with Crippen molar-refractivity contribution in [2.75, 3.05) is 14.2 Å². The van der Waals surface area contributed by atoms with Gasteiger partial charge in [0.15, 0.2) is 0 Å². The maximum Gasteiger partial charge on any atom is 0.421 e. The van der Waals surface area contributed by atoms with Gasteiger partial charge in [0, 0.05) is 5.56 Å². The number of ether oxygens (including phenoxy) is 4. The van der Waals surface area contributed by atoms with Crippen molar-refractivity contribution in [2.24, 2.45) is 5.84 Å². The molecule has 0 saturated carbocycles. The number of aromatic carboxylic acids is 1. The number of nitrogens with one attached hydrogen (secondary N) is 3. The third-order valence-corrected chi connectivity index (χ3v) is 4.18. The minimum Gasteiger partial charge on any atom is -0.478 e. The number of esters is 3. The molecule has 15 heteroatoms. The Balaban J connectivity index is 0. The molecule has 2 rings (SSSR count). The highest BCUT2D eigenvalue weighted by Gasteiger charge is 2.24. The smallest absolute Gasteiger partial charge is 0.421 e. The zero-order valence-electron chi connectivity index (χ0n) is 25.2. The van der Waals surface area contributed by atoms with E-state index in [0.29, 0.717) is 0 Å². The Kier molecular flexibility index (Phi) is 17.7. The molecule has 1 amide bonds. The van der Waals surface area contributed by atoms with Crippen molar-refractivity contribution in [3.05, 3.63) is 70.8 Å². The van der Waals surface area contributed by atoms with Gasteiger partial charge in [-0.3, -0.25) is 10.2 Å². The first-order valence-corrected chi connectivity index (χ1v) is 12.2. The van der Waals surface area contributed by atoms with Crippen LogP contribution in [0.4, 0.5) is 4.79 Å². The Morgan fingerprint density at radius 3 is 1.40 bits per heavy atom. The number of ketones is 1. The Bertz CT molecular complexity index is 1270. The summed E-state index contributed by atoms with van der Waals surface area (Å²) >= 11 is 0. The lowest BCUT2D eigenvalue weighted by Crippen LogP contribution is -2.36. The number of benzene rings is 2. The van der Waals surface area contributed by atoms with Gasteiger partial charge < -0.3 is 24.1 Å². The summed E-state index contributed by atoms with van der Waals surface area (Å²) in [6.45, 7) is 10.3. The maximum atomic E-state index is 11.9. The predicted molar refractivity (Wildman–Crippen MR) is 152 cm³/mol. The minimum atomic E-state index is -1.06. The quantitative estimate of drug-likeness (QED) is 0.0471. The van der Waals surface area contributed by atoms with Gasteiger partial charge in [-0.2, -0.15) is 0 Å². The predicted octanol–water partition coefficient (Wildman–Crippen LogP) is 4.15. The van der Waals surface area contributed by atoms with Crippen LogP contribution in [0.2, 0.25) is 0 Å². The first-order chi connectivity index (χ1) is 19.8. The number of hydrazine groups is 1. The summed E-state index contributed by atoms with van der Waals surface area (Å²) in [5, 5.41) is 8.61. The normalized spacial score (nSPS) is 9.88. The van der Waals surface area contributed by atoms with Crippen molar-refractivity contribution in [3.63, 3.8) is 0 Å². The van der Waals surface area contributed by atoms with Crippen LogP contribution in [0.3, 0.4) is 0 Å². The van der Waals surface area contributed by atoms with Gasteiger partial charge in [0.2, 0.25) is 0 Å². The van der Waals surface area contributed by atoms with Crippen molar-refractivity contribution in [3.8, 4) is 0 Å². The van der Waals surface area contributed by atoms with Crippen molar-refractivity contribution in [1.29, 1.82) is 11.1 Å². The molecule has 0 heterocycles. The Morgan fingerprint density at radius 1 is 0.698 bits per heavy atom. The van der Waals surface area contributed by atoms with E-state index in [2.05, 4.69) is 9.47 Å². The first kappa shape index (κ1) is 40.0. The van der Waals surface area contributed by atoms with Crippen molar-refractivity contribution < 1.29 is 52.8 Å². The van der Waals surface area contributed by atoms with Gasteiger partial charge in [-0.15, -0.1) is 0 Å². The Hall–Kier alpha value is -5.18. The lowest BCUT2D eigenvalue weighted by atomic mass is 10.1. The fourth-order valence-corrected chi connectivity index (χ4v) is 2.55. The molecule has 0 atom stereocenters. The molecule has 0 bridgehead atoms. The topological polar surface area (TPSA) is 245 Å². The van der Waals surface area contributed by atoms with E-state index in [1.54, 1.807) is 41.5 Å². The van der Waals surface area contributed by atoms with Crippen molar-refractivity contribution in [2.45, 2.75) is 52.7 Å². The standard InChI is InChI=1S/C14H16O5.C9H8O4.C5H12N2O2.H2N2/c1-14(2,3)19-13(17)11(15)9-6-5-7-10(8-9)12(16)18-4;1-13-9(12)7-4-2-3-6(5-7)8(10)11;1-5(2,3)9-4(8)7-6;1-2/h5-8H,1-4H3;2-5H,1H3,(H,10,11);6H2,1-3H3,(H,7,8);1-2H. The summed E-state index contributed by atoms with van der Waals surface area (Å²) in [6.07, 6.45) is -0.609. The summed E-state index contributed by atoms with van der Waals surface area (Å²) < 4.78 is 18.7. The molecule has 0 spiro atoms. The average molecular weight is 607 g/mol. The lowest BCUT2D eigenvalue weighted by Gasteiger charge is -2.18. The summed E-state index contributed by atoms with van der Waals surface area (Å²) in [5.41, 5.74) is 11.3. The van der Waals surface area contributed by atoms with Gasteiger partial charge in [0.1, 0.15) is 11.2 Å². The van der Waals surface area contributed by atoms with E-state index in [1.807, 2.05) is 5.43 Å². The highest BCUT2D eigenvalue weighted by Crippen LogP contribution is 2.12. The van der Waals surface area contributed by atoms with Crippen LogP contribution in [0, 0.1) is 11.1 Å². The number of carboxylic acid groups (broad SMARTS) is 1. The average Bonchev–Trinajstić information content (AvgIpc) is 2.95. The Labute approximate surface area is 248 Å². The van der Waals surface area contributed by atoms with E-state index in [-0.39, 0.29) is 22.3 Å². The Morgan fingerprint density at radius 2 is 1.07 bits per heavy atom. The molecule has 0 aliphatic carbocycles. The van der Waals surface area contributed by atoms with E-state index < -0.39 is 47.0 Å². The minimum absolute atomic E-state index is 0.0721. The number of nitrogens with two attached hydrogens (primary N) is 1. The molecular weight excluding hydrogens is 568 g/mol. The monoisotopic (exact) mass is 606 g/mol. The summed E-state index contributed by atoms with van der Waals surface area (Å²) in [4.78, 5) is 66.7. The fourth-order valence-electron chi connectivity index (χ4n) is 2.55. The molecule has 236 valence electrons. The van der Waals surface area contributed by atoms with E-state index >= 15 is 0 Å².